The minimum Gasteiger partial charge on any atom is -0.277 e. The molecule has 12 rings (SSSR count). The highest BCUT2D eigenvalue weighted by Crippen LogP contribution is 2.46. The topological polar surface area (TPSA) is 56.5 Å². The minimum atomic E-state index is -0.0660. The van der Waals surface area contributed by atoms with Crippen LogP contribution >= 0.6 is 22.7 Å². The molecule has 12 aromatic rings. The normalized spacial score (nSPS) is 12.3. The first-order chi connectivity index (χ1) is 30.6. The predicted molar refractivity (Wildman–Crippen MR) is 261 cm³/mol. The third kappa shape index (κ3) is 5.96. The Hall–Kier alpha value is -7.32. The van der Waals surface area contributed by atoms with Crippen molar-refractivity contribution in [3.05, 3.63) is 199 Å². The fourth-order valence-corrected chi connectivity index (χ4v) is 11.3. The molecule has 0 spiro atoms. The van der Waals surface area contributed by atoms with Gasteiger partial charge >= 0.3 is 0 Å². The highest BCUT2D eigenvalue weighted by molar-refractivity contribution is 7.25. The predicted octanol–water partition coefficient (Wildman–Crippen LogP) is 15.1. The SMILES string of the molecule is Cc1ccccc1-c1ccc2c3ccccc3n(-c3nc(-c4ccccc4)nc(-c4ccc5sc6ccccc6c5c4)n3)c2c1C(C)c1ccccc1-c1nc2ccccc2s1. The monoisotopic (exact) mass is 831 g/mol. The van der Waals surface area contributed by atoms with Crippen molar-refractivity contribution in [3.63, 3.8) is 0 Å². The van der Waals surface area contributed by atoms with Crippen LogP contribution < -0.4 is 0 Å². The van der Waals surface area contributed by atoms with Crippen molar-refractivity contribution >= 4 is 74.9 Å². The van der Waals surface area contributed by atoms with Crippen molar-refractivity contribution < 1.29 is 0 Å². The second kappa shape index (κ2) is 14.7. The lowest BCUT2D eigenvalue weighted by Crippen LogP contribution is -2.09. The molecular weight excluding hydrogens is 795 g/mol. The number of aromatic nitrogens is 5. The van der Waals surface area contributed by atoms with Gasteiger partial charge in [0.1, 0.15) is 5.01 Å². The van der Waals surface area contributed by atoms with Crippen molar-refractivity contribution in [3.8, 4) is 50.4 Å². The Labute approximate surface area is 366 Å². The van der Waals surface area contributed by atoms with Crippen LogP contribution in [0.25, 0.3) is 103 Å². The van der Waals surface area contributed by atoms with Gasteiger partial charge < -0.3 is 0 Å². The summed E-state index contributed by atoms with van der Waals surface area (Å²) < 4.78 is 5.98. The van der Waals surface area contributed by atoms with E-state index in [1.807, 2.05) is 29.5 Å². The Balaban J connectivity index is 1.17. The third-order valence-corrected chi connectivity index (χ3v) is 14.4. The summed E-state index contributed by atoms with van der Waals surface area (Å²) in [4.78, 5) is 21.2. The average molecular weight is 832 g/mol. The van der Waals surface area contributed by atoms with Crippen LogP contribution in [0.4, 0.5) is 0 Å². The molecule has 8 aromatic carbocycles. The second-order valence-electron chi connectivity index (χ2n) is 15.8. The summed E-state index contributed by atoms with van der Waals surface area (Å²) in [5.41, 5.74) is 12.2. The van der Waals surface area contributed by atoms with Crippen molar-refractivity contribution in [2.24, 2.45) is 0 Å². The maximum atomic E-state index is 5.46. The third-order valence-electron chi connectivity index (χ3n) is 12.2. The number of nitrogens with zero attached hydrogens (tertiary/aromatic N) is 5. The first-order valence-electron chi connectivity index (χ1n) is 20.9. The highest BCUT2D eigenvalue weighted by Gasteiger charge is 2.27. The van der Waals surface area contributed by atoms with E-state index in [9.17, 15) is 0 Å². The van der Waals surface area contributed by atoms with E-state index in [2.05, 4.69) is 182 Å². The summed E-state index contributed by atoms with van der Waals surface area (Å²) in [5.74, 6) is 1.76. The Kier molecular flexibility index (Phi) is 8.66. The van der Waals surface area contributed by atoms with Gasteiger partial charge in [0.2, 0.25) is 5.95 Å². The quantitative estimate of drug-likeness (QED) is 0.161. The van der Waals surface area contributed by atoms with Crippen LogP contribution in [-0.2, 0) is 0 Å². The molecule has 0 aliphatic heterocycles. The molecule has 0 N–H and O–H groups in total. The van der Waals surface area contributed by atoms with Gasteiger partial charge in [0.15, 0.2) is 11.6 Å². The number of hydrogen-bond donors (Lipinski definition) is 0. The lowest BCUT2D eigenvalue weighted by molar-refractivity contribution is 0.910. The van der Waals surface area contributed by atoms with Gasteiger partial charge in [-0.3, -0.25) is 4.57 Å². The first kappa shape index (κ1) is 36.5. The van der Waals surface area contributed by atoms with Crippen LogP contribution in [0.5, 0.6) is 0 Å². The molecule has 62 heavy (non-hydrogen) atoms. The van der Waals surface area contributed by atoms with Crippen LogP contribution in [0.3, 0.4) is 0 Å². The minimum absolute atomic E-state index is 0.0660. The summed E-state index contributed by atoms with van der Waals surface area (Å²) in [5, 5.41) is 5.74. The van der Waals surface area contributed by atoms with Gasteiger partial charge in [-0.15, -0.1) is 22.7 Å². The summed E-state index contributed by atoms with van der Waals surface area (Å²) in [6, 6.07) is 64.7. The van der Waals surface area contributed by atoms with Crippen molar-refractivity contribution in [1.29, 1.82) is 0 Å². The molecule has 0 bridgehead atoms. The van der Waals surface area contributed by atoms with Crippen LogP contribution in [0.2, 0.25) is 0 Å². The Morgan fingerprint density at radius 2 is 1.15 bits per heavy atom. The van der Waals surface area contributed by atoms with E-state index in [0.717, 1.165) is 49.0 Å². The van der Waals surface area contributed by atoms with E-state index in [4.69, 9.17) is 19.9 Å². The number of fused-ring (bicyclic) bond motifs is 7. The number of benzene rings is 8. The van der Waals surface area contributed by atoms with E-state index in [1.165, 1.54) is 52.7 Å². The van der Waals surface area contributed by atoms with Gasteiger partial charge in [0.25, 0.3) is 0 Å². The zero-order valence-electron chi connectivity index (χ0n) is 34.0. The molecule has 0 fully saturated rings. The van der Waals surface area contributed by atoms with Crippen molar-refractivity contribution in [1.82, 2.24) is 24.5 Å². The Bertz CT molecular complexity index is 3660. The van der Waals surface area contributed by atoms with E-state index in [-0.39, 0.29) is 5.92 Å². The van der Waals surface area contributed by atoms with Crippen LogP contribution in [0.1, 0.15) is 29.5 Å². The van der Waals surface area contributed by atoms with Crippen LogP contribution in [0.15, 0.2) is 182 Å². The molecular formula is C55H37N5S2. The van der Waals surface area contributed by atoms with E-state index in [1.54, 1.807) is 11.3 Å². The molecule has 1 unspecified atom stereocenters. The smallest absolute Gasteiger partial charge is 0.238 e. The summed E-state index contributed by atoms with van der Waals surface area (Å²) >= 11 is 3.56. The second-order valence-corrected chi connectivity index (χ2v) is 18.0. The molecule has 294 valence electrons. The molecule has 0 saturated heterocycles. The van der Waals surface area contributed by atoms with Gasteiger partial charge in [-0.05, 0) is 77.2 Å². The average Bonchev–Trinajstić information content (AvgIpc) is 4.03. The highest BCUT2D eigenvalue weighted by atomic mass is 32.1. The Morgan fingerprint density at radius 1 is 0.468 bits per heavy atom. The number of aryl methyl sites for hydroxylation is 1. The van der Waals surface area contributed by atoms with Crippen LogP contribution in [0, 0.1) is 6.92 Å². The molecule has 4 heterocycles. The van der Waals surface area contributed by atoms with Crippen LogP contribution in [-0.4, -0.2) is 24.5 Å². The number of para-hydroxylation sites is 2. The van der Waals surface area contributed by atoms with Gasteiger partial charge in [-0.1, -0.05) is 146 Å². The molecule has 0 radical (unpaired) electrons. The summed E-state index contributed by atoms with van der Waals surface area (Å²) in [6.45, 7) is 4.55. The first-order valence-corrected chi connectivity index (χ1v) is 22.5. The van der Waals surface area contributed by atoms with Crippen molar-refractivity contribution in [2.45, 2.75) is 19.8 Å². The standard InChI is InChI=1S/C55H37N5S2/c1-33-16-6-7-19-37(33)41-29-30-42-39-21-10-13-25-46(39)60(51(42)50(41)34(2)38-20-8-9-23-43(38)54-56-45-24-12-15-27-49(45)62-54)55-58-52(35-17-4-3-5-18-35)57-53(59-55)36-28-31-48-44(32-36)40-22-11-14-26-47(40)61-48/h3-32,34H,1-2H3. The largest absolute Gasteiger partial charge is 0.277 e. The van der Waals surface area contributed by atoms with Gasteiger partial charge in [-0.25, -0.2) is 9.97 Å². The van der Waals surface area contributed by atoms with E-state index < -0.39 is 0 Å². The molecule has 7 heteroatoms. The Morgan fingerprint density at radius 3 is 1.98 bits per heavy atom. The number of thiazole rings is 1. The molecule has 0 aliphatic carbocycles. The van der Waals surface area contributed by atoms with Crippen molar-refractivity contribution in [2.75, 3.05) is 0 Å². The molecule has 5 nitrogen and oxygen atoms in total. The summed E-state index contributed by atoms with van der Waals surface area (Å²) in [6.07, 6.45) is 0. The number of hydrogen-bond acceptors (Lipinski definition) is 6. The molecule has 0 saturated carbocycles. The maximum absolute atomic E-state index is 5.46. The number of rotatable bonds is 7. The van der Waals surface area contributed by atoms with E-state index in [0.29, 0.717) is 17.6 Å². The number of thiophene rings is 1. The molecule has 4 aromatic heterocycles. The van der Waals surface area contributed by atoms with Gasteiger partial charge in [-0.2, -0.15) is 9.97 Å². The molecule has 0 amide bonds. The maximum Gasteiger partial charge on any atom is 0.238 e. The van der Waals surface area contributed by atoms with E-state index >= 15 is 0 Å². The molecule has 1 atom stereocenters. The lowest BCUT2D eigenvalue weighted by Gasteiger charge is -2.23. The van der Waals surface area contributed by atoms with Gasteiger partial charge in [0, 0.05) is 53.6 Å². The van der Waals surface area contributed by atoms with Gasteiger partial charge in [0.05, 0.1) is 21.3 Å². The fourth-order valence-electron chi connectivity index (χ4n) is 9.23. The lowest BCUT2D eigenvalue weighted by atomic mass is 9.83. The molecule has 0 aliphatic rings. The summed E-state index contributed by atoms with van der Waals surface area (Å²) in [7, 11) is 0. The zero-order chi connectivity index (χ0) is 41.3. The fraction of sp³-hybridized carbons (Fsp3) is 0.0545. The zero-order valence-corrected chi connectivity index (χ0v) is 35.6.